The van der Waals surface area contributed by atoms with E-state index in [1.54, 1.807) is 0 Å². The normalized spacial score (nSPS) is 22.2. The lowest BCUT2D eigenvalue weighted by Crippen LogP contribution is -2.44. The number of alkyl carbamates (subject to hydrolysis) is 1. The van der Waals surface area contributed by atoms with Crippen LogP contribution in [0.25, 0.3) is 0 Å². The summed E-state index contributed by atoms with van der Waals surface area (Å²) in [5.74, 6) is 0. The molecule has 5 nitrogen and oxygen atoms in total. The maximum Gasteiger partial charge on any atom is 0.407 e. The first kappa shape index (κ1) is 14.3. The highest BCUT2D eigenvalue weighted by atomic mass is 16.6. The molecule has 1 aliphatic rings. The van der Waals surface area contributed by atoms with Crippen LogP contribution in [-0.2, 0) is 9.47 Å². The van der Waals surface area contributed by atoms with Crippen LogP contribution in [0, 0.1) is 0 Å². The maximum absolute atomic E-state index is 11.6. The van der Waals surface area contributed by atoms with Gasteiger partial charge in [-0.1, -0.05) is 0 Å². The van der Waals surface area contributed by atoms with Gasteiger partial charge in [0, 0.05) is 19.2 Å². The lowest BCUT2D eigenvalue weighted by Gasteiger charge is -2.24. The quantitative estimate of drug-likeness (QED) is 0.784. The summed E-state index contributed by atoms with van der Waals surface area (Å²) in [7, 11) is 0. The summed E-state index contributed by atoms with van der Waals surface area (Å²) < 4.78 is 10.7. The Balaban J connectivity index is 2.32. The Labute approximate surface area is 103 Å². The van der Waals surface area contributed by atoms with Crippen LogP contribution in [-0.4, -0.2) is 37.0 Å². The van der Waals surface area contributed by atoms with E-state index in [1.165, 1.54) is 0 Å². The molecule has 0 aliphatic carbocycles. The van der Waals surface area contributed by atoms with Crippen molar-refractivity contribution < 1.29 is 14.3 Å². The van der Waals surface area contributed by atoms with Crippen LogP contribution >= 0.6 is 0 Å². The molecule has 1 rings (SSSR count). The lowest BCUT2D eigenvalue weighted by atomic mass is 10.1. The number of rotatable bonds is 4. The largest absolute Gasteiger partial charge is 0.444 e. The third kappa shape index (κ3) is 5.89. The van der Waals surface area contributed by atoms with E-state index in [-0.39, 0.29) is 12.1 Å². The van der Waals surface area contributed by atoms with Gasteiger partial charge in [-0.25, -0.2) is 4.79 Å². The molecule has 5 heteroatoms. The Morgan fingerprint density at radius 3 is 2.76 bits per heavy atom. The average Bonchev–Trinajstić information content (AvgIpc) is 2.66. The van der Waals surface area contributed by atoms with E-state index in [2.05, 4.69) is 5.32 Å². The summed E-state index contributed by atoms with van der Waals surface area (Å²) in [6, 6.07) is -0.0760. The van der Waals surface area contributed by atoms with E-state index in [1.807, 2.05) is 20.8 Å². The first-order valence-corrected chi connectivity index (χ1v) is 6.22. The molecular formula is C12H24N2O3. The van der Waals surface area contributed by atoms with Gasteiger partial charge in [-0.3, -0.25) is 0 Å². The highest BCUT2D eigenvalue weighted by Gasteiger charge is 2.23. The average molecular weight is 244 g/mol. The van der Waals surface area contributed by atoms with Crippen LogP contribution in [0.2, 0.25) is 0 Å². The molecule has 0 saturated carbocycles. The predicted octanol–water partition coefficient (Wildman–Crippen LogP) is 1.41. The minimum absolute atomic E-state index is 0.0760. The molecule has 0 aromatic carbocycles. The van der Waals surface area contributed by atoms with Gasteiger partial charge in [0.1, 0.15) is 5.60 Å². The van der Waals surface area contributed by atoms with Gasteiger partial charge in [0.05, 0.1) is 6.10 Å². The van der Waals surface area contributed by atoms with Crippen molar-refractivity contribution in [3.05, 3.63) is 0 Å². The van der Waals surface area contributed by atoms with Crippen molar-refractivity contribution in [3.63, 3.8) is 0 Å². The van der Waals surface area contributed by atoms with E-state index in [0.29, 0.717) is 6.54 Å². The standard InChI is InChI=1S/C12H24N2O3/c1-12(2,3)17-11(15)14-9(8-13)7-10-5-4-6-16-10/h9-10H,4-8,13H2,1-3H3,(H,14,15). The van der Waals surface area contributed by atoms with Gasteiger partial charge in [-0.2, -0.15) is 0 Å². The SMILES string of the molecule is CC(C)(C)OC(=O)NC(CN)CC1CCCO1. The Bertz CT molecular complexity index is 245. The molecule has 17 heavy (non-hydrogen) atoms. The Kier molecular flexibility index (Phi) is 5.21. The van der Waals surface area contributed by atoms with Crippen molar-refractivity contribution in [3.8, 4) is 0 Å². The van der Waals surface area contributed by atoms with Crippen molar-refractivity contribution in [2.45, 2.75) is 57.8 Å². The highest BCUT2D eigenvalue weighted by Crippen LogP contribution is 2.17. The molecule has 1 fully saturated rings. The van der Waals surface area contributed by atoms with E-state index >= 15 is 0 Å². The number of nitrogens with two attached hydrogens (primary N) is 1. The first-order chi connectivity index (χ1) is 7.90. The molecule has 0 bridgehead atoms. The molecule has 100 valence electrons. The molecule has 0 aromatic rings. The second kappa shape index (κ2) is 6.21. The van der Waals surface area contributed by atoms with Gasteiger partial charge in [-0.15, -0.1) is 0 Å². The molecular weight excluding hydrogens is 220 g/mol. The van der Waals surface area contributed by atoms with Gasteiger partial charge in [0.15, 0.2) is 0 Å². The van der Waals surface area contributed by atoms with Crippen molar-refractivity contribution in [1.82, 2.24) is 5.32 Å². The molecule has 1 amide bonds. The van der Waals surface area contributed by atoms with Crippen molar-refractivity contribution in [1.29, 1.82) is 0 Å². The Morgan fingerprint density at radius 1 is 1.59 bits per heavy atom. The Morgan fingerprint density at radius 2 is 2.29 bits per heavy atom. The minimum Gasteiger partial charge on any atom is -0.444 e. The van der Waals surface area contributed by atoms with E-state index < -0.39 is 11.7 Å². The van der Waals surface area contributed by atoms with Gasteiger partial charge in [0.2, 0.25) is 0 Å². The fourth-order valence-electron chi connectivity index (χ4n) is 1.84. The smallest absolute Gasteiger partial charge is 0.407 e. The summed E-state index contributed by atoms with van der Waals surface area (Å²) in [5, 5.41) is 2.78. The molecule has 1 aliphatic heterocycles. The number of carbonyl (C=O) groups excluding carboxylic acids is 1. The van der Waals surface area contributed by atoms with Crippen molar-refractivity contribution >= 4 is 6.09 Å². The van der Waals surface area contributed by atoms with Gasteiger partial charge in [0.25, 0.3) is 0 Å². The van der Waals surface area contributed by atoms with E-state index in [0.717, 1.165) is 25.9 Å². The van der Waals surface area contributed by atoms with Gasteiger partial charge >= 0.3 is 6.09 Å². The van der Waals surface area contributed by atoms with Crippen LogP contribution < -0.4 is 11.1 Å². The second-order valence-corrected chi connectivity index (χ2v) is 5.45. The Hall–Kier alpha value is -0.810. The molecule has 1 heterocycles. The molecule has 2 unspecified atom stereocenters. The monoisotopic (exact) mass is 244 g/mol. The second-order valence-electron chi connectivity index (χ2n) is 5.45. The number of nitrogens with one attached hydrogen (secondary N) is 1. The summed E-state index contributed by atoms with van der Waals surface area (Å²) in [5.41, 5.74) is 5.16. The molecule has 0 aromatic heterocycles. The van der Waals surface area contributed by atoms with Crippen LogP contribution in [0.15, 0.2) is 0 Å². The number of ether oxygens (including phenoxy) is 2. The third-order valence-electron chi connectivity index (χ3n) is 2.58. The zero-order valence-corrected chi connectivity index (χ0v) is 11.0. The fourth-order valence-corrected chi connectivity index (χ4v) is 1.84. The zero-order valence-electron chi connectivity index (χ0n) is 11.0. The zero-order chi connectivity index (χ0) is 12.9. The predicted molar refractivity (Wildman–Crippen MR) is 65.8 cm³/mol. The van der Waals surface area contributed by atoms with Crippen LogP contribution in [0.4, 0.5) is 4.79 Å². The van der Waals surface area contributed by atoms with Gasteiger partial charge < -0.3 is 20.5 Å². The van der Waals surface area contributed by atoms with Gasteiger partial charge in [-0.05, 0) is 40.0 Å². The van der Waals surface area contributed by atoms with Crippen LogP contribution in [0.1, 0.15) is 40.0 Å². The number of amides is 1. The van der Waals surface area contributed by atoms with E-state index in [9.17, 15) is 4.79 Å². The number of carbonyl (C=O) groups is 1. The van der Waals surface area contributed by atoms with Crippen LogP contribution in [0.3, 0.4) is 0 Å². The third-order valence-corrected chi connectivity index (χ3v) is 2.58. The van der Waals surface area contributed by atoms with Crippen molar-refractivity contribution in [2.75, 3.05) is 13.2 Å². The molecule has 3 N–H and O–H groups in total. The summed E-state index contributed by atoms with van der Waals surface area (Å²) >= 11 is 0. The number of hydrogen-bond acceptors (Lipinski definition) is 4. The van der Waals surface area contributed by atoms with E-state index in [4.69, 9.17) is 15.2 Å². The lowest BCUT2D eigenvalue weighted by molar-refractivity contribution is 0.0471. The maximum atomic E-state index is 11.6. The minimum atomic E-state index is -0.479. The highest BCUT2D eigenvalue weighted by molar-refractivity contribution is 5.68. The summed E-state index contributed by atoms with van der Waals surface area (Å²) in [6.45, 7) is 6.73. The summed E-state index contributed by atoms with van der Waals surface area (Å²) in [6.07, 6.45) is 2.71. The first-order valence-electron chi connectivity index (χ1n) is 6.22. The summed E-state index contributed by atoms with van der Waals surface area (Å²) in [4.78, 5) is 11.6. The van der Waals surface area contributed by atoms with Crippen LogP contribution in [0.5, 0.6) is 0 Å². The number of hydrogen-bond donors (Lipinski definition) is 2. The molecule has 0 radical (unpaired) electrons. The van der Waals surface area contributed by atoms with Crippen molar-refractivity contribution in [2.24, 2.45) is 5.73 Å². The molecule has 0 spiro atoms. The fraction of sp³-hybridized carbons (Fsp3) is 0.917. The molecule has 2 atom stereocenters. The topological polar surface area (TPSA) is 73.6 Å². The molecule has 1 saturated heterocycles.